The summed E-state index contributed by atoms with van der Waals surface area (Å²) < 4.78 is 0. The molecule has 0 heterocycles. The summed E-state index contributed by atoms with van der Waals surface area (Å²) in [5.41, 5.74) is 1.41. The fourth-order valence-electron chi connectivity index (χ4n) is 2.36. The number of Topliss-reactive ketones (excluding diaryl/α,β-unsaturated/α-hetero) is 1. The molecule has 0 aromatic heterocycles. The summed E-state index contributed by atoms with van der Waals surface area (Å²) in [4.78, 5) is 12.6. The van der Waals surface area contributed by atoms with Gasteiger partial charge in [-0.25, -0.2) is 0 Å². The molecule has 92 valence electrons. The van der Waals surface area contributed by atoms with E-state index >= 15 is 0 Å². The molecule has 0 amide bonds. The molecule has 1 aliphatic rings. The normalized spacial score (nSPS) is 17.7. The molecular weight excluding hydrogens is 228 g/mol. The topological polar surface area (TPSA) is 17.1 Å². The third-order valence-corrected chi connectivity index (χ3v) is 4.28. The average Bonchev–Trinajstić information content (AvgIpc) is 2.30. The molecule has 0 bridgehead atoms. The Hall–Kier alpha value is -0.760. The fraction of sp³-hybridized carbons (Fsp3) is 0.533. The van der Waals surface area contributed by atoms with Crippen molar-refractivity contribution in [3.8, 4) is 0 Å². The number of benzene rings is 1. The van der Waals surface area contributed by atoms with E-state index < -0.39 is 0 Å². The maximum absolute atomic E-state index is 11.2. The Kier molecular flexibility index (Phi) is 4.27. The van der Waals surface area contributed by atoms with E-state index in [9.17, 15) is 4.79 Å². The highest BCUT2D eigenvalue weighted by atomic mass is 32.2. The second-order valence-corrected chi connectivity index (χ2v) is 6.70. The van der Waals surface area contributed by atoms with Crippen LogP contribution in [0.4, 0.5) is 0 Å². The van der Waals surface area contributed by atoms with Crippen LogP contribution in [0.15, 0.2) is 29.2 Å². The number of hydrogen-bond acceptors (Lipinski definition) is 2. The van der Waals surface area contributed by atoms with Gasteiger partial charge in [0, 0.05) is 23.0 Å². The van der Waals surface area contributed by atoms with Gasteiger partial charge >= 0.3 is 0 Å². The highest BCUT2D eigenvalue weighted by molar-refractivity contribution is 7.99. The molecule has 0 unspecified atom stereocenters. The zero-order valence-corrected chi connectivity index (χ0v) is 11.4. The fourth-order valence-corrected chi connectivity index (χ4v) is 3.20. The van der Waals surface area contributed by atoms with Gasteiger partial charge in [0.2, 0.25) is 0 Å². The quantitative estimate of drug-likeness (QED) is 0.737. The molecule has 1 aromatic rings. The van der Waals surface area contributed by atoms with Crippen LogP contribution < -0.4 is 0 Å². The summed E-state index contributed by atoms with van der Waals surface area (Å²) in [5.74, 6) is 1.04. The smallest absolute Gasteiger partial charge is 0.132 e. The van der Waals surface area contributed by atoms with Gasteiger partial charge in [0.05, 0.1) is 0 Å². The SMILES string of the molecule is CC(C)Sc1ccc(C2CCC(=O)CC2)cc1. The highest BCUT2D eigenvalue weighted by Crippen LogP contribution is 2.32. The summed E-state index contributed by atoms with van der Waals surface area (Å²) in [7, 11) is 0. The van der Waals surface area contributed by atoms with Crippen molar-refractivity contribution in [2.75, 3.05) is 0 Å². The molecule has 2 heteroatoms. The lowest BCUT2D eigenvalue weighted by Gasteiger charge is -2.21. The molecule has 0 radical (unpaired) electrons. The van der Waals surface area contributed by atoms with Crippen molar-refractivity contribution in [2.24, 2.45) is 0 Å². The van der Waals surface area contributed by atoms with Gasteiger partial charge in [0.15, 0.2) is 0 Å². The summed E-state index contributed by atoms with van der Waals surface area (Å²) in [6.07, 6.45) is 3.62. The Morgan fingerprint density at radius 2 is 1.71 bits per heavy atom. The van der Waals surface area contributed by atoms with Crippen LogP contribution in [0.25, 0.3) is 0 Å². The zero-order chi connectivity index (χ0) is 12.3. The first-order valence-electron chi connectivity index (χ1n) is 6.43. The molecule has 1 fully saturated rings. The van der Waals surface area contributed by atoms with Gasteiger partial charge in [-0.15, -0.1) is 11.8 Å². The minimum absolute atomic E-state index is 0.438. The molecule has 1 aromatic carbocycles. The van der Waals surface area contributed by atoms with Crippen LogP contribution in [-0.2, 0) is 4.79 Å². The molecule has 1 nitrogen and oxygen atoms in total. The number of rotatable bonds is 3. The van der Waals surface area contributed by atoms with E-state index in [1.54, 1.807) is 0 Å². The van der Waals surface area contributed by atoms with Crippen LogP contribution in [0.1, 0.15) is 51.0 Å². The molecule has 0 saturated heterocycles. The van der Waals surface area contributed by atoms with E-state index in [4.69, 9.17) is 0 Å². The lowest BCUT2D eigenvalue weighted by atomic mass is 9.83. The van der Waals surface area contributed by atoms with Gasteiger partial charge in [-0.05, 0) is 36.5 Å². The van der Waals surface area contributed by atoms with Gasteiger partial charge in [0.1, 0.15) is 5.78 Å². The second-order valence-electron chi connectivity index (χ2n) is 5.05. The third-order valence-electron chi connectivity index (χ3n) is 3.27. The van der Waals surface area contributed by atoms with E-state index in [-0.39, 0.29) is 0 Å². The predicted molar refractivity (Wildman–Crippen MR) is 73.7 cm³/mol. The van der Waals surface area contributed by atoms with Crippen molar-refractivity contribution in [1.29, 1.82) is 0 Å². The van der Waals surface area contributed by atoms with Crippen molar-refractivity contribution in [3.63, 3.8) is 0 Å². The largest absolute Gasteiger partial charge is 0.300 e. The van der Waals surface area contributed by atoms with E-state index in [1.807, 2.05) is 11.8 Å². The van der Waals surface area contributed by atoms with Crippen LogP contribution in [0.5, 0.6) is 0 Å². The van der Waals surface area contributed by atoms with Crippen LogP contribution >= 0.6 is 11.8 Å². The Morgan fingerprint density at radius 1 is 1.12 bits per heavy atom. The molecule has 0 aliphatic heterocycles. The first-order valence-corrected chi connectivity index (χ1v) is 7.31. The molecule has 0 spiro atoms. The van der Waals surface area contributed by atoms with Crippen LogP contribution in [-0.4, -0.2) is 11.0 Å². The first kappa shape index (κ1) is 12.7. The van der Waals surface area contributed by atoms with Gasteiger partial charge < -0.3 is 0 Å². The Labute approximate surface area is 108 Å². The summed E-state index contributed by atoms with van der Waals surface area (Å²) in [6.45, 7) is 4.43. The van der Waals surface area contributed by atoms with Crippen LogP contribution in [0.2, 0.25) is 0 Å². The van der Waals surface area contributed by atoms with E-state index in [0.717, 1.165) is 25.7 Å². The Morgan fingerprint density at radius 3 is 2.24 bits per heavy atom. The number of carbonyl (C=O) groups excluding carboxylic acids is 1. The Bertz CT molecular complexity index is 370. The molecule has 0 atom stereocenters. The lowest BCUT2D eigenvalue weighted by Crippen LogP contribution is -2.12. The van der Waals surface area contributed by atoms with Gasteiger partial charge in [-0.2, -0.15) is 0 Å². The summed E-state index contributed by atoms with van der Waals surface area (Å²) in [5, 5.41) is 0.633. The van der Waals surface area contributed by atoms with Crippen molar-refractivity contribution >= 4 is 17.5 Å². The third kappa shape index (κ3) is 3.60. The summed E-state index contributed by atoms with van der Waals surface area (Å²) >= 11 is 1.90. The maximum atomic E-state index is 11.2. The van der Waals surface area contributed by atoms with Crippen molar-refractivity contribution < 1.29 is 4.79 Å². The summed E-state index contributed by atoms with van der Waals surface area (Å²) in [6, 6.07) is 8.92. The molecule has 17 heavy (non-hydrogen) atoms. The minimum atomic E-state index is 0.438. The van der Waals surface area contributed by atoms with Crippen molar-refractivity contribution in [1.82, 2.24) is 0 Å². The minimum Gasteiger partial charge on any atom is -0.300 e. The van der Waals surface area contributed by atoms with Crippen LogP contribution in [0.3, 0.4) is 0 Å². The average molecular weight is 248 g/mol. The number of carbonyl (C=O) groups is 1. The number of ketones is 1. The number of thioether (sulfide) groups is 1. The lowest BCUT2D eigenvalue weighted by molar-refractivity contribution is -0.120. The molecule has 1 aliphatic carbocycles. The highest BCUT2D eigenvalue weighted by Gasteiger charge is 2.19. The Balaban J connectivity index is 2.00. The first-order chi connectivity index (χ1) is 8.15. The zero-order valence-electron chi connectivity index (χ0n) is 10.6. The maximum Gasteiger partial charge on any atom is 0.132 e. The molecular formula is C15H20OS. The monoisotopic (exact) mass is 248 g/mol. The van der Waals surface area contributed by atoms with E-state index in [0.29, 0.717) is 17.0 Å². The van der Waals surface area contributed by atoms with Crippen LogP contribution in [0, 0.1) is 0 Å². The molecule has 0 N–H and O–H groups in total. The van der Waals surface area contributed by atoms with Gasteiger partial charge in [-0.1, -0.05) is 26.0 Å². The predicted octanol–water partition coefficient (Wildman–Crippen LogP) is 4.41. The van der Waals surface area contributed by atoms with E-state index in [1.165, 1.54) is 10.5 Å². The van der Waals surface area contributed by atoms with Gasteiger partial charge in [-0.3, -0.25) is 4.79 Å². The van der Waals surface area contributed by atoms with E-state index in [2.05, 4.69) is 38.1 Å². The van der Waals surface area contributed by atoms with Crippen molar-refractivity contribution in [3.05, 3.63) is 29.8 Å². The molecule has 1 saturated carbocycles. The van der Waals surface area contributed by atoms with Crippen molar-refractivity contribution in [2.45, 2.75) is 55.6 Å². The second kappa shape index (κ2) is 5.72. The van der Waals surface area contributed by atoms with Gasteiger partial charge in [0.25, 0.3) is 0 Å². The standard InChI is InChI=1S/C15H20OS/c1-11(2)17-15-9-5-13(6-10-15)12-3-7-14(16)8-4-12/h5-6,9-12H,3-4,7-8H2,1-2H3. The number of hydrogen-bond donors (Lipinski definition) is 0. The molecule has 2 rings (SSSR count).